The molecule has 390 valence electrons. The summed E-state index contributed by atoms with van der Waals surface area (Å²) in [6.07, 6.45) is 7.68. The number of aromatic amines is 2. The van der Waals surface area contributed by atoms with Crippen LogP contribution in [0.15, 0.2) is 170 Å². The molecule has 8 bridgehead atoms. The predicted molar refractivity (Wildman–Crippen MR) is 312 cm³/mol. The molecule has 1 aliphatic carbocycles. The summed E-state index contributed by atoms with van der Waals surface area (Å²) in [5.74, 6) is 2.37. The molecule has 2 amide bonds. The number of fused-ring (bicyclic) bond motifs is 11. The molecule has 13 heteroatoms. The van der Waals surface area contributed by atoms with Gasteiger partial charge in [0.15, 0.2) is 6.61 Å². The van der Waals surface area contributed by atoms with Crippen molar-refractivity contribution < 1.29 is 33.3 Å². The number of methoxy groups -OCH3 is 3. The molecule has 12 rings (SSSR count). The van der Waals surface area contributed by atoms with Crippen LogP contribution in [0.5, 0.6) is 23.0 Å². The Morgan fingerprint density at radius 2 is 0.797 bits per heavy atom. The van der Waals surface area contributed by atoms with Crippen LogP contribution in [0.4, 0.5) is 4.79 Å². The Morgan fingerprint density at radius 3 is 1.18 bits per heavy atom. The van der Waals surface area contributed by atoms with Gasteiger partial charge in [-0.15, -0.1) is 0 Å². The number of aromatic nitrogens is 4. The molecule has 9 aromatic rings. The second-order valence-electron chi connectivity index (χ2n) is 19.1. The molecule has 3 aromatic heterocycles. The summed E-state index contributed by atoms with van der Waals surface area (Å²) in [5.41, 5.74) is 18.3. The second kappa shape index (κ2) is 21.8. The zero-order chi connectivity index (χ0) is 53.8. The van der Waals surface area contributed by atoms with Gasteiger partial charge in [0.1, 0.15) is 29.6 Å². The smallest absolute Gasteiger partial charge is 0.407 e. The summed E-state index contributed by atoms with van der Waals surface area (Å²) < 4.78 is 28.4. The average Bonchev–Trinajstić information content (AvgIpc) is 4.48. The van der Waals surface area contributed by atoms with Gasteiger partial charge in [-0.2, -0.15) is 0 Å². The molecule has 6 aromatic carbocycles. The molecule has 0 unspecified atom stereocenters. The van der Waals surface area contributed by atoms with Gasteiger partial charge in [0.05, 0.1) is 44.1 Å². The molecule has 0 fully saturated rings. The third-order valence-electron chi connectivity index (χ3n) is 14.5. The number of hydrogen-bond acceptors (Lipinski definition) is 9. The van der Waals surface area contributed by atoms with E-state index in [1.807, 2.05) is 115 Å². The van der Waals surface area contributed by atoms with Crippen LogP contribution >= 0.6 is 0 Å². The minimum Gasteiger partial charge on any atom is -0.497 e. The number of ether oxygens (including phenoxy) is 5. The van der Waals surface area contributed by atoms with Gasteiger partial charge >= 0.3 is 6.09 Å². The van der Waals surface area contributed by atoms with Gasteiger partial charge in [0, 0.05) is 63.3 Å². The zero-order valence-electron chi connectivity index (χ0n) is 43.6. The van der Waals surface area contributed by atoms with Crippen molar-refractivity contribution in [1.82, 2.24) is 30.6 Å². The molecule has 0 atom stereocenters. The van der Waals surface area contributed by atoms with Crippen LogP contribution in [0.3, 0.4) is 0 Å². The Hall–Kier alpha value is -10.1. The summed E-state index contributed by atoms with van der Waals surface area (Å²) in [5, 5.41) is 5.57. The van der Waals surface area contributed by atoms with Gasteiger partial charge < -0.3 is 44.3 Å². The van der Waals surface area contributed by atoms with E-state index in [0.29, 0.717) is 5.75 Å². The van der Waals surface area contributed by atoms with E-state index in [2.05, 4.69) is 99.5 Å². The predicted octanol–water partition coefficient (Wildman–Crippen LogP) is 13.4. The molecule has 0 spiro atoms. The fraction of sp³-hybridized carbons (Fsp3) is 0.121. The van der Waals surface area contributed by atoms with Crippen molar-refractivity contribution in [3.8, 4) is 78.6 Å². The van der Waals surface area contributed by atoms with Crippen molar-refractivity contribution in [2.24, 2.45) is 0 Å². The Morgan fingerprint density at radius 1 is 0.443 bits per heavy atom. The lowest BCUT2D eigenvalue weighted by Crippen LogP contribution is -2.37. The number of rotatable bonds is 15. The van der Waals surface area contributed by atoms with Crippen LogP contribution in [0.25, 0.3) is 102 Å². The van der Waals surface area contributed by atoms with Crippen LogP contribution in [-0.4, -0.2) is 79.6 Å². The molecule has 13 nitrogen and oxygen atoms in total. The Balaban J connectivity index is 0.854. The largest absolute Gasteiger partial charge is 0.497 e. The van der Waals surface area contributed by atoms with Gasteiger partial charge in [-0.25, -0.2) is 14.8 Å². The van der Waals surface area contributed by atoms with Crippen molar-refractivity contribution in [2.75, 3.05) is 47.6 Å². The molecule has 4 N–H and O–H groups in total. The molecule has 79 heavy (non-hydrogen) atoms. The molecule has 3 aliphatic rings. The highest BCUT2D eigenvalue weighted by Gasteiger charge is 2.29. The lowest BCUT2D eigenvalue weighted by molar-refractivity contribution is -0.123. The normalized spacial score (nSPS) is 12.1. The molecular weight excluding hydrogens is 989 g/mol. The van der Waals surface area contributed by atoms with Gasteiger partial charge in [-0.1, -0.05) is 97.1 Å². The Bertz CT molecular complexity index is 3920. The Kier molecular flexibility index (Phi) is 13.7. The number of H-pyrrole nitrogens is 2. The number of nitrogens with zero attached hydrogens (tertiary/aromatic N) is 2. The summed E-state index contributed by atoms with van der Waals surface area (Å²) in [6, 6.07) is 56.4. The van der Waals surface area contributed by atoms with E-state index >= 15 is 0 Å². The van der Waals surface area contributed by atoms with Crippen LogP contribution in [0.2, 0.25) is 0 Å². The molecule has 0 saturated heterocycles. The van der Waals surface area contributed by atoms with E-state index in [9.17, 15) is 9.59 Å². The van der Waals surface area contributed by atoms with E-state index in [0.717, 1.165) is 129 Å². The number of hydrogen-bond donors (Lipinski definition) is 4. The molecule has 0 saturated carbocycles. The highest BCUT2D eigenvalue weighted by Crippen LogP contribution is 2.45. The van der Waals surface area contributed by atoms with Gasteiger partial charge in [0.2, 0.25) is 0 Å². The fourth-order valence-corrected chi connectivity index (χ4v) is 10.6. The topological polar surface area (TPSA) is 162 Å². The maximum Gasteiger partial charge on any atom is 0.407 e. The monoisotopic (exact) mass is 1040 g/mol. The summed E-state index contributed by atoms with van der Waals surface area (Å²) in [6.45, 7) is 0.369. The summed E-state index contributed by atoms with van der Waals surface area (Å²) in [7, 11) is 4.98. The maximum absolute atomic E-state index is 13.0. The van der Waals surface area contributed by atoms with Crippen molar-refractivity contribution in [3.63, 3.8) is 0 Å². The van der Waals surface area contributed by atoms with Crippen LogP contribution in [0.1, 0.15) is 39.8 Å². The number of amides is 2. The van der Waals surface area contributed by atoms with Crippen LogP contribution < -0.4 is 29.6 Å². The third kappa shape index (κ3) is 10.1. The van der Waals surface area contributed by atoms with E-state index in [4.69, 9.17) is 33.7 Å². The second-order valence-corrected chi connectivity index (χ2v) is 19.1. The van der Waals surface area contributed by atoms with Crippen molar-refractivity contribution >= 4 is 58.4 Å². The first-order valence-electron chi connectivity index (χ1n) is 26.0. The van der Waals surface area contributed by atoms with E-state index in [-0.39, 0.29) is 38.1 Å². The number of benzene rings is 6. The van der Waals surface area contributed by atoms with Gasteiger partial charge in [-0.3, -0.25) is 4.79 Å². The van der Waals surface area contributed by atoms with Crippen LogP contribution in [-0.2, 0) is 9.53 Å². The van der Waals surface area contributed by atoms with Gasteiger partial charge in [-0.05, 0) is 142 Å². The zero-order valence-corrected chi connectivity index (χ0v) is 43.6. The van der Waals surface area contributed by atoms with Crippen molar-refractivity contribution in [1.29, 1.82) is 0 Å². The van der Waals surface area contributed by atoms with E-state index < -0.39 is 6.09 Å². The van der Waals surface area contributed by atoms with E-state index in [1.165, 1.54) is 0 Å². The number of carbonyl (C=O) groups excluding carboxylic acids is 2. The first kappa shape index (κ1) is 49.7. The molecule has 2 aliphatic heterocycles. The number of alkyl carbamates (subject to hydrolysis) is 1. The highest BCUT2D eigenvalue weighted by atomic mass is 16.5. The third-order valence-corrected chi connectivity index (χ3v) is 14.5. The number of nitrogens with one attached hydrogen (secondary N) is 4. The lowest BCUT2D eigenvalue weighted by atomic mass is 9.98. The quantitative estimate of drug-likeness (QED) is 0.0732. The van der Waals surface area contributed by atoms with Crippen LogP contribution in [0, 0.1) is 0 Å². The highest BCUT2D eigenvalue weighted by molar-refractivity contribution is 6.00. The molecular formula is C66H54N6O7. The first-order valence-corrected chi connectivity index (χ1v) is 26.0. The first-order chi connectivity index (χ1) is 38.8. The fourth-order valence-electron chi connectivity index (χ4n) is 10.6. The standard InChI is InChI=1S/C66H54N6O7/c1-75-44-20-12-40(13-21-44)62-53-28-30-55(69-53)63(41-14-22-45(76-2)23-15-41)57-32-34-59(71-57)65(60-35-33-58(72-60)64(56-31-29-54(62)70-56)42-16-24-46(77-3)25-17-42)43-18-26-47(27-19-43)78-39-61(73)67-36-37-68-66(74)79-38-52-50-10-6-4-8-48(50)49-9-5-7-11-51(49)52/h4-35,52,69,72H,36-39H2,1-3H3,(H,67,73)(H,68,74). The average molecular weight is 1040 g/mol. The maximum atomic E-state index is 13.0. The molecule has 5 heterocycles. The number of carbonyl (C=O) groups is 2. The van der Waals surface area contributed by atoms with Gasteiger partial charge in [0.25, 0.3) is 5.91 Å². The van der Waals surface area contributed by atoms with Crippen molar-refractivity contribution in [3.05, 3.63) is 204 Å². The summed E-state index contributed by atoms with van der Waals surface area (Å²) >= 11 is 0. The SMILES string of the molecule is COc1ccc(-c2c3nc(c(-c4ccc(OC)cc4)c4ccc([nH]4)c(-c4ccc(OCC(=O)NCCNC(=O)OCC5c6ccccc6-c6ccccc65)cc4)c4nc(c(-c5ccc(OC)cc5)c5ccc2[nH]5)C=C4)C=C3)cc1. The lowest BCUT2D eigenvalue weighted by Gasteiger charge is -2.14. The summed E-state index contributed by atoms with van der Waals surface area (Å²) in [4.78, 5) is 44.2. The van der Waals surface area contributed by atoms with E-state index in [1.54, 1.807) is 21.3 Å². The Labute approximate surface area is 456 Å². The van der Waals surface area contributed by atoms with Crippen molar-refractivity contribution in [2.45, 2.75) is 5.92 Å². The molecule has 0 radical (unpaired) electrons. The minimum absolute atomic E-state index is 0.0456. The minimum atomic E-state index is -0.547.